The van der Waals surface area contributed by atoms with Gasteiger partial charge in [-0.25, -0.2) is 0 Å². The predicted molar refractivity (Wildman–Crippen MR) is 57.8 cm³/mol. The minimum atomic E-state index is -1.18. The van der Waals surface area contributed by atoms with Crippen LogP contribution in [-0.4, -0.2) is 16.9 Å². The van der Waals surface area contributed by atoms with Gasteiger partial charge in [0.25, 0.3) is 0 Å². The zero-order valence-corrected chi connectivity index (χ0v) is 8.82. The van der Waals surface area contributed by atoms with Crippen molar-refractivity contribution in [3.8, 4) is 0 Å². The molecule has 0 spiro atoms. The summed E-state index contributed by atoms with van der Waals surface area (Å²) in [5, 5.41) is 9.70. The third kappa shape index (κ3) is 2.06. The Balaban J connectivity index is 2.39. The van der Waals surface area contributed by atoms with E-state index in [4.69, 9.17) is 21.1 Å². The largest absolute Gasteiger partial charge is 0.481 e. The highest BCUT2D eigenvalue weighted by atomic mass is 35.5. The summed E-state index contributed by atoms with van der Waals surface area (Å²) in [6, 6.07) is 6.42. The molecule has 2 rings (SSSR count). The summed E-state index contributed by atoms with van der Waals surface area (Å²) >= 11 is 5.77. The van der Waals surface area contributed by atoms with Gasteiger partial charge in [-0.3, -0.25) is 9.59 Å². The molecule has 16 heavy (non-hydrogen) atoms. The van der Waals surface area contributed by atoms with E-state index in [-0.39, 0.29) is 5.76 Å². The predicted octanol–water partition coefficient (Wildman–Crippen LogP) is 2.74. The highest BCUT2D eigenvalue weighted by Crippen LogP contribution is 2.23. The first kappa shape index (κ1) is 10.7. The molecule has 1 aromatic carbocycles. The molecule has 0 saturated heterocycles. The lowest BCUT2D eigenvalue weighted by atomic mass is 10.2. The van der Waals surface area contributed by atoms with Gasteiger partial charge in [0.2, 0.25) is 5.78 Å². The Kier molecular flexibility index (Phi) is 2.66. The lowest BCUT2D eigenvalue weighted by Gasteiger charge is -1.90. The van der Waals surface area contributed by atoms with Gasteiger partial charge in [0.1, 0.15) is 12.0 Å². The number of carboxylic acid groups (broad SMARTS) is 1. The van der Waals surface area contributed by atoms with Gasteiger partial charge in [0.15, 0.2) is 5.76 Å². The van der Waals surface area contributed by atoms with Crippen LogP contribution in [0.3, 0.4) is 0 Å². The zero-order valence-electron chi connectivity index (χ0n) is 8.07. The number of aliphatic carboxylic acids is 1. The van der Waals surface area contributed by atoms with E-state index in [9.17, 15) is 9.59 Å². The number of carboxylic acids is 1. The van der Waals surface area contributed by atoms with Gasteiger partial charge in [0, 0.05) is 10.4 Å². The number of fused-ring (bicyclic) bond motifs is 1. The van der Waals surface area contributed by atoms with Crippen molar-refractivity contribution in [2.75, 3.05) is 0 Å². The highest BCUT2D eigenvalue weighted by molar-refractivity contribution is 6.31. The van der Waals surface area contributed by atoms with Gasteiger partial charge >= 0.3 is 5.97 Å². The van der Waals surface area contributed by atoms with E-state index >= 15 is 0 Å². The summed E-state index contributed by atoms with van der Waals surface area (Å²) < 4.78 is 5.21. The fourth-order valence-corrected chi connectivity index (χ4v) is 1.56. The number of ketones is 1. The summed E-state index contributed by atoms with van der Waals surface area (Å²) in [6.45, 7) is 0. The van der Waals surface area contributed by atoms with Gasteiger partial charge in [-0.2, -0.15) is 0 Å². The molecule has 0 bridgehead atoms. The normalized spacial score (nSPS) is 10.6. The molecule has 0 radical (unpaired) electrons. The van der Waals surface area contributed by atoms with Gasteiger partial charge in [0.05, 0.1) is 0 Å². The molecule has 0 saturated carbocycles. The molecule has 2 aromatic rings. The maximum atomic E-state index is 11.4. The molecule has 0 atom stereocenters. The molecule has 0 unspecified atom stereocenters. The average Bonchev–Trinajstić information content (AvgIpc) is 2.59. The molecule has 5 heteroatoms. The summed E-state index contributed by atoms with van der Waals surface area (Å²) in [7, 11) is 0. The topological polar surface area (TPSA) is 67.5 Å². The van der Waals surface area contributed by atoms with Crippen molar-refractivity contribution in [2.45, 2.75) is 6.42 Å². The van der Waals surface area contributed by atoms with Crippen molar-refractivity contribution in [3.05, 3.63) is 35.0 Å². The Morgan fingerprint density at radius 3 is 2.75 bits per heavy atom. The molecule has 1 aromatic heterocycles. The molecule has 1 N–H and O–H groups in total. The van der Waals surface area contributed by atoms with Crippen LogP contribution in [0, 0.1) is 0 Å². The fourth-order valence-electron chi connectivity index (χ4n) is 1.38. The van der Waals surface area contributed by atoms with Crippen molar-refractivity contribution < 1.29 is 19.1 Å². The minimum Gasteiger partial charge on any atom is -0.481 e. The second kappa shape index (κ2) is 3.98. The number of hydrogen-bond acceptors (Lipinski definition) is 3. The van der Waals surface area contributed by atoms with Crippen LogP contribution >= 0.6 is 11.6 Å². The first-order chi connectivity index (χ1) is 7.56. The maximum absolute atomic E-state index is 11.4. The summed E-state index contributed by atoms with van der Waals surface area (Å²) in [5.41, 5.74) is 0.512. The number of halogens is 1. The number of carbonyl (C=O) groups excluding carboxylic acids is 1. The van der Waals surface area contributed by atoms with Crippen molar-refractivity contribution in [3.63, 3.8) is 0 Å². The van der Waals surface area contributed by atoms with Crippen LogP contribution in [0.1, 0.15) is 17.0 Å². The van der Waals surface area contributed by atoms with Crippen LogP contribution in [0.5, 0.6) is 0 Å². The number of benzene rings is 1. The molecule has 0 amide bonds. The smallest absolute Gasteiger partial charge is 0.311 e. The monoisotopic (exact) mass is 238 g/mol. The van der Waals surface area contributed by atoms with Crippen LogP contribution in [0.2, 0.25) is 5.02 Å². The number of Topliss-reactive ketones (excluding diaryl/α,β-unsaturated/α-hetero) is 1. The Hall–Kier alpha value is -1.81. The molecule has 0 aliphatic heterocycles. The van der Waals surface area contributed by atoms with Crippen LogP contribution in [0.15, 0.2) is 28.7 Å². The van der Waals surface area contributed by atoms with Crippen molar-refractivity contribution in [1.82, 2.24) is 0 Å². The van der Waals surface area contributed by atoms with E-state index in [2.05, 4.69) is 0 Å². The van der Waals surface area contributed by atoms with Gasteiger partial charge in [-0.1, -0.05) is 11.6 Å². The molecular formula is C11H7ClO4. The standard InChI is InChI=1S/C11H7ClO4/c12-7-1-2-9-6(3-7)4-10(16-9)8(13)5-11(14)15/h1-4H,5H2,(H,14,15). The number of carbonyl (C=O) groups is 2. The van der Waals surface area contributed by atoms with Crippen molar-refractivity contribution in [2.24, 2.45) is 0 Å². The number of rotatable bonds is 3. The lowest BCUT2D eigenvalue weighted by Crippen LogP contribution is -2.05. The summed E-state index contributed by atoms with van der Waals surface area (Å²) in [6.07, 6.45) is -0.576. The number of furan rings is 1. The Bertz CT molecular complexity index is 570. The van der Waals surface area contributed by atoms with E-state index < -0.39 is 18.2 Å². The molecule has 4 nitrogen and oxygen atoms in total. The third-order valence-electron chi connectivity index (χ3n) is 2.06. The van der Waals surface area contributed by atoms with E-state index in [1.807, 2.05) is 0 Å². The van der Waals surface area contributed by atoms with E-state index in [0.29, 0.717) is 16.0 Å². The summed E-state index contributed by atoms with van der Waals surface area (Å²) in [4.78, 5) is 21.8. The first-order valence-electron chi connectivity index (χ1n) is 4.50. The first-order valence-corrected chi connectivity index (χ1v) is 4.88. The van der Waals surface area contributed by atoms with E-state index in [1.165, 1.54) is 6.07 Å². The molecule has 0 fully saturated rings. The lowest BCUT2D eigenvalue weighted by molar-refractivity contribution is -0.135. The van der Waals surface area contributed by atoms with Gasteiger partial charge in [-0.05, 0) is 24.3 Å². The molecular weight excluding hydrogens is 232 g/mol. The van der Waals surface area contributed by atoms with E-state index in [0.717, 1.165) is 0 Å². The molecule has 0 aliphatic carbocycles. The Morgan fingerprint density at radius 1 is 1.31 bits per heavy atom. The quantitative estimate of drug-likeness (QED) is 0.659. The Morgan fingerprint density at radius 2 is 2.06 bits per heavy atom. The van der Waals surface area contributed by atoms with Crippen LogP contribution in [0.4, 0.5) is 0 Å². The number of hydrogen-bond donors (Lipinski definition) is 1. The highest BCUT2D eigenvalue weighted by Gasteiger charge is 2.15. The fraction of sp³-hybridized carbons (Fsp3) is 0.0909. The molecule has 1 heterocycles. The SMILES string of the molecule is O=C(O)CC(=O)c1cc2cc(Cl)ccc2o1. The average molecular weight is 239 g/mol. The second-order valence-corrected chi connectivity index (χ2v) is 3.72. The van der Waals surface area contributed by atoms with Crippen LogP contribution < -0.4 is 0 Å². The molecule has 0 aliphatic rings. The zero-order chi connectivity index (χ0) is 11.7. The molecule has 82 valence electrons. The minimum absolute atomic E-state index is 0.0414. The van der Waals surface area contributed by atoms with Crippen molar-refractivity contribution >= 4 is 34.3 Å². The Labute approximate surface area is 95.4 Å². The third-order valence-corrected chi connectivity index (χ3v) is 2.30. The maximum Gasteiger partial charge on any atom is 0.311 e. The van der Waals surface area contributed by atoms with E-state index in [1.54, 1.807) is 18.2 Å². The van der Waals surface area contributed by atoms with Crippen LogP contribution in [-0.2, 0) is 4.79 Å². The van der Waals surface area contributed by atoms with Gasteiger partial charge < -0.3 is 9.52 Å². The van der Waals surface area contributed by atoms with Crippen LogP contribution in [0.25, 0.3) is 11.0 Å². The van der Waals surface area contributed by atoms with Crippen molar-refractivity contribution in [1.29, 1.82) is 0 Å². The summed E-state index contributed by atoms with van der Waals surface area (Å²) in [5.74, 6) is -1.69. The second-order valence-electron chi connectivity index (χ2n) is 3.29. The van der Waals surface area contributed by atoms with Gasteiger partial charge in [-0.15, -0.1) is 0 Å².